The predicted octanol–water partition coefficient (Wildman–Crippen LogP) is 4.30. The number of thioether (sulfide) groups is 1. The molecule has 0 bridgehead atoms. The average molecular weight is 537 g/mol. The summed E-state index contributed by atoms with van der Waals surface area (Å²) in [6, 6.07) is 7.79. The summed E-state index contributed by atoms with van der Waals surface area (Å²) in [6.45, 7) is 1.09. The van der Waals surface area contributed by atoms with Crippen LogP contribution in [0.4, 0.5) is 23.7 Å². The van der Waals surface area contributed by atoms with E-state index in [-0.39, 0.29) is 16.6 Å². The van der Waals surface area contributed by atoms with Gasteiger partial charge in [0.05, 0.1) is 28.6 Å². The summed E-state index contributed by atoms with van der Waals surface area (Å²) in [4.78, 5) is 50.3. The molecule has 10 nitrogen and oxygen atoms in total. The second-order valence-corrected chi connectivity index (χ2v) is 8.87. The molecule has 14 heteroatoms. The Morgan fingerprint density at radius 1 is 1.16 bits per heavy atom. The van der Waals surface area contributed by atoms with E-state index in [0.717, 1.165) is 11.0 Å². The van der Waals surface area contributed by atoms with Crippen molar-refractivity contribution in [2.24, 2.45) is 0 Å². The molecule has 3 amide bonds. The van der Waals surface area contributed by atoms with E-state index in [0.29, 0.717) is 55.8 Å². The lowest BCUT2D eigenvalue weighted by Gasteiger charge is -2.28. The number of imide groups is 1. The van der Waals surface area contributed by atoms with E-state index in [4.69, 9.17) is 9.47 Å². The van der Waals surface area contributed by atoms with Crippen LogP contribution in [0.3, 0.4) is 0 Å². The van der Waals surface area contributed by atoms with Gasteiger partial charge >= 0.3 is 11.9 Å². The van der Waals surface area contributed by atoms with Crippen molar-refractivity contribution in [3.63, 3.8) is 0 Å². The molecule has 2 aromatic rings. The van der Waals surface area contributed by atoms with Gasteiger partial charge in [-0.15, -0.1) is 0 Å². The summed E-state index contributed by atoms with van der Waals surface area (Å²) in [5.74, 6) is -1.38. The Labute approximate surface area is 211 Å². The maximum atomic E-state index is 12.9. The second-order valence-electron chi connectivity index (χ2n) is 7.87. The second kappa shape index (κ2) is 10.6. The lowest BCUT2D eigenvalue weighted by molar-refractivity contribution is -0.385. The van der Waals surface area contributed by atoms with E-state index in [9.17, 15) is 37.7 Å². The molecule has 0 radical (unpaired) electrons. The molecule has 2 saturated heterocycles. The number of carbonyl (C=O) groups excluding carboxylic acids is 3. The first kappa shape index (κ1) is 26.2. The highest BCUT2D eigenvalue weighted by molar-refractivity contribution is 8.18. The molecular weight excluding hydrogens is 519 g/mol. The first-order chi connectivity index (χ1) is 17.5. The molecule has 4 rings (SSSR count). The summed E-state index contributed by atoms with van der Waals surface area (Å²) in [6.07, 6.45) is -3.38. The fourth-order valence-electron chi connectivity index (χ4n) is 3.55. The molecule has 194 valence electrons. The molecule has 2 aliphatic heterocycles. The van der Waals surface area contributed by atoms with Gasteiger partial charge in [-0.05, 0) is 47.7 Å². The number of alkyl halides is 3. The Morgan fingerprint density at radius 2 is 1.89 bits per heavy atom. The molecule has 37 heavy (non-hydrogen) atoms. The normalized spacial score (nSPS) is 17.4. The van der Waals surface area contributed by atoms with Gasteiger partial charge in [-0.25, -0.2) is 0 Å². The van der Waals surface area contributed by atoms with E-state index in [1.165, 1.54) is 29.2 Å². The van der Waals surface area contributed by atoms with Crippen LogP contribution < -0.4 is 4.74 Å². The zero-order valence-corrected chi connectivity index (χ0v) is 19.7. The SMILES string of the molecule is O=C(CN1C(=O)S/C(=C\c2cccc(Oc3ccc(C(F)(F)F)cc3[N+](=O)[O-])c2)C1=O)N1CCOCC1. The van der Waals surface area contributed by atoms with Crippen molar-refractivity contribution in [1.82, 2.24) is 9.80 Å². The third-order valence-corrected chi connectivity index (χ3v) is 6.30. The number of nitro benzene ring substituents is 1. The van der Waals surface area contributed by atoms with Gasteiger partial charge in [0.1, 0.15) is 12.3 Å². The summed E-state index contributed by atoms with van der Waals surface area (Å²) >= 11 is 0.652. The quantitative estimate of drug-likeness (QED) is 0.304. The van der Waals surface area contributed by atoms with Crippen molar-refractivity contribution < 1.29 is 42.0 Å². The molecule has 0 spiro atoms. The van der Waals surface area contributed by atoms with Crippen LogP contribution in [-0.2, 0) is 20.5 Å². The Bertz CT molecular complexity index is 1290. The summed E-state index contributed by atoms with van der Waals surface area (Å²) in [7, 11) is 0. The zero-order chi connectivity index (χ0) is 26.7. The van der Waals surface area contributed by atoms with Crippen LogP contribution in [0, 0.1) is 10.1 Å². The fraction of sp³-hybridized carbons (Fsp3) is 0.261. The number of hydrogen-bond donors (Lipinski definition) is 0. The number of halogens is 3. The number of benzene rings is 2. The molecule has 0 aliphatic carbocycles. The van der Waals surface area contributed by atoms with E-state index in [1.54, 1.807) is 6.07 Å². The molecule has 0 unspecified atom stereocenters. The molecule has 0 N–H and O–H groups in total. The number of morpholine rings is 1. The van der Waals surface area contributed by atoms with Crippen LogP contribution in [-0.4, -0.2) is 64.6 Å². The zero-order valence-electron chi connectivity index (χ0n) is 18.9. The molecule has 2 aromatic carbocycles. The highest BCUT2D eigenvalue weighted by Gasteiger charge is 2.37. The minimum absolute atomic E-state index is 0.0532. The molecule has 0 saturated carbocycles. The van der Waals surface area contributed by atoms with Crippen LogP contribution >= 0.6 is 11.8 Å². The summed E-state index contributed by atoms with van der Waals surface area (Å²) in [5.41, 5.74) is -1.67. The van der Waals surface area contributed by atoms with Gasteiger partial charge < -0.3 is 14.4 Å². The largest absolute Gasteiger partial charge is 0.450 e. The van der Waals surface area contributed by atoms with Gasteiger partial charge in [0.25, 0.3) is 11.1 Å². The number of carbonyl (C=O) groups is 3. The van der Waals surface area contributed by atoms with Gasteiger partial charge in [0.15, 0.2) is 0 Å². The Balaban J connectivity index is 1.50. The Hall–Kier alpha value is -3.91. The fourth-order valence-corrected chi connectivity index (χ4v) is 4.39. The number of rotatable bonds is 6. The minimum atomic E-state index is -4.76. The monoisotopic (exact) mass is 537 g/mol. The van der Waals surface area contributed by atoms with Crippen LogP contribution in [0.5, 0.6) is 11.5 Å². The van der Waals surface area contributed by atoms with Crippen molar-refractivity contribution in [1.29, 1.82) is 0 Å². The lowest BCUT2D eigenvalue weighted by Crippen LogP contribution is -2.46. The first-order valence-corrected chi connectivity index (χ1v) is 11.6. The number of ether oxygens (including phenoxy) is 2. The maximum absolute atomic E-state index is 12.9. The topological polar surface area (TPSA) is 119 Å². The van der Waals surface area contributed by atoms with Crippen LogP contribution in [0.25, 0.3) is 6.08 Å². The van der Waals surface area contributed by atoms with Crippen LogP contribution in [0.2, 0.25) is 0 Å². The average Bonchev–Trinajstić information content (AvgIpc) is 3.11. The maximum Gasteiger partial charge on any atom is 0.416 e. The first-order valence-electron chi connectivity index (χ1n) is 10.8. The standard InChI is InChI=1S/C23H18F3N3O7S/c24-23(25,26)15-4-5-18(17(12-15)29(33)34)36-16-3-1-2-14(10-16)11-19-21(31)28(22(32)37-19)13-20(30)27-6-8-35-9-7-27/h1-5,10-12H,6-9,13H2/b19-11-. The molecular formula is C23H18F3N3O7S. The van der Waals surface area contributed by atoms with Gasteiger partial charge in [0.2, 0.25) is 11.7 Å². The summed E-state index contributed by atoms with van der Waals surface area (Å²) in [5, 5.41) is 10.7. The third-order valence-electron chi connectivity index (χ3n) is 5.40. The van der Waals surface area contributed by atoms with E-state index in [2.05, 4.69) is 0 Å². The number of hydrogen-bond acceptors (Lipinski definition) is 8. The Morgan fingerprint density at radius 3 is 2.57 bits per heavy atom. The van der Waals surface area contributed by atoms with E-state index >= 15 is 0 Å². The predicted molar refractivity (Wildman–Crippen MR) is 125 cm³/mol. The van der Waals surface area contributed by atoms with Gasteiger partial charge in [-0.1, -0.05) is 12.1 Å². The Kier molecular flexibility index (Phi) is 7.50. The van der Waals surface area contributed by atoms with E-state index < -0.39 is 45.8 Å². The number of nitrogens with zero attached hydrogens (tertiary/aromatic N) is 3. The van der Waals surface area contributed by atoms with Crippen LogP contribution in [0.15, 0.2) is 47.4 Å². The van der Waals surface area contributed by atoms with Gasteiger partial charge in [-0.3, -0.25) is 29.4 Å². The number of nitro groups is 1. The van der Waals surface area contributed by atoms with Gasteiger partial charge in [0, 0.05) is 19.2 Å². The molecule has 0 aromatic heterocycles. The van der Waals surface area contributed by atoms with E-state index in [1.807, 2.05) is 0 Å². The molecule has 2 aliphatic rings. The van der Waals surface area contributed by atoms with Crippen LogP contribution in [0.1, 0.15) is 11.1 Å². The molecule has 2 fully saturated rings. The van der Waals surface area contributed by atoms with Crippen molar-refractivity contribution in [3.8, 4) is 11.5 Å². The third kappa shape index (κ3) is 6.09. The molecule has 2 heterocycles. The molecule has 0 atom stereocenters. The highest BCUT2D eigenvalue weighted by Crippen LogP contribution is 2.38. The minimum Gasteiger partial charge on any atom is -0.450 e. The number of amides is 3. The lowest BCUT2D eigenvalue weighted by atomic mass is 10.1. The summed E-state index contributed by atoms with van der Waals surface area (Å²) < 4.78 is 49.5. The highest BCUT2D eigenvalue weighted by atomic mass is 32.2. The van der Waals surface area contributed by atoms with Gasteiger partial charge in [-0.2, -0.15) is 13.2 Å². The van der Waals surface area contributed by atoms with Crippen molar-refractivity contribution in [2.45, 2.75) is 6.18 Å². The van der Waals surface area contributed by atoms with Crippen molar-refractivity contribution in [3.05, 3.63) is 68.6 Å². The smallest absolute Gasteiger partial charge is 0.416 e. The van der Waals surface area contributed by atoms with Crippen molar-refractivity contribution in [2.75, 3.05) is 32.8 Å². The van der Waals surface area contributed by atoms with Crippen molar-refractivity contribution >= 4 is 40.6 Å².